The van der Waals surface area contributed by atoms with Crippen LogP contribution < -0.4 is 10.2 Å². The summed E-state index contributed by atoms with van der Waals surface area (Å²) in [5.74, 6) is 1.16. The normalized spacial score (nSPS) is 17.1. The highest BCUT2D eigenvalue weighted by molar-refractivity contribution is 5.88. The number of nitrogens with zero attached hydrogens (tertiary/aromatic N) is 5. The summed E-state index contributed by atoms with van der Waals surface area (Å²) in [5, 5.41) is 19.1. The minimum absolute atomic E-state index is 0.179. The van der Waals surface area contributed by atoms with Gasteiger partial charge < -0.3 is 15.3 Å². The molecular formula is C21H22N6O. The van der Waals surface area contributed by atoms with E-state index in [0.29, 0.717) is 11.6 Å². The lowest BCUT2D eigenvalue weighted by molar-refractivity contribution is 0.478. The van der Waals surface area contributed by atoms with Crippen molar-refractivity contribution in [2.24, 2.45) is 7.05 Å². The molecule has 5 rings (SSSR count). The Morgan fingerprint density at radius 1 is 1.07 bits per heavy atom. The molecule has 3 aromatic heterocycles. The molecule has 1 aromatic carbocycles. The van der Waals surface area contributed by atoms with Gasteiger partial charge in [-0.05, 0) is 43.8 Å². The number of benzene rings is 1. The summed E-state index contributed by atoms with van der Waals surface area (Å²) < 4.78 is 1.74. The van der Waals surface area contributed by atoms with Gasteiger partial charge in [-0.1, -0.05) is 0 Å². The van der Waals surface area contributed by atoms with Gasteiger partial charge in [0.25, 0.3) is 0 Å². The van der Waals surface area contributed by atoms with E-state index in [1.54, 1.807) is 10.7 Å². The molecule has 0 unspecified atom stereocenters. The van der Waals surface area contributed by atoms with E-state index >= 15 is 0 Å². The molecule has 0 saturated carbocycles. The topological polar surface area (TPSA) is 79.1 Å². The van der Waals surface area contributed by atoms with Crippen LogP contribution in [0.3, 0.4) is 0 Å². The van der Waals surface area contributed by atoms with Crippen LogP contribution >= 0.6 is 0 Å². The predicted octanol–water partition coefficient (Wildman–Crippen LogP) is 2.69. The minimum atomic E-state index is 0.179. The average molecular weight is 374 g/mol. The zero-order valence-corrected chi connectivity index (χ0v) is 15.9. The molecule has 1 aliphatic rings. The maximum atomic E-state index is 10.5. The molecule has 1 aliphatic heterocycles. The number of fused-ring (bicyclic) bond motifs is 2. The van der Waals surface area contributed by atoms with Crippen LogP contribution in [0.25, 0.3) is 33.2 Å². The number of aromatic hydroxyl groups is 1. The van der Waals surface area contributed by atoms with Gasteiger partial charge in [0.1, 0.15) is 11.6 Å². The Morgan fingerprint density at radius 2 is 1.89 bits per heavy atom. The third-order valence-electron chi connectivity index (χ3n) is 5.46. The van der Waals surface area contributed by atoms with Crippen molar-refractivity contribution in [2.75, 3.05) is 25.0 Å². The summed E-state index contributed by atoms with van der Waals surface area (Å²) in [6.45, 7) is 1.98. The van der Waals surface area contributed by atoms with Crippen molar-refractivity contribution in [2.45, 2.75) is 12.5 Å². The molecule has 1 fully saturated rings. The maximum Gasteiger partial charge on any atom is 0.129 e. The van der Waals surface area contributed by atoms with E-state index in [9.17, 15) is 5.11 Å². The summed E-state index contributed by atoms with van der Waals surface area (Å²) >= 11 is 0. The predicted molar refractivity (Wildman–Crippen MR) is 111 cm³/mol. The molecule has 0 bridgehead atoms. The highest BCUT2D eigenvalue weighted by atomic mass is 16.3. The number of anilines is 1. The standard InChI is InChI=1S/C21H22N6O/c1-22-14-7-8-27(12-14)21-6-5-17-18(24-21)4-3-16(23-17)15-9-13-11-26(2)25-19(13)10-20(15)28/h3-6,9-11,14,22,28H,7-8,12H2,1-2H3/t14-/m1/s1. The van der Waals surface area contributed by atoms with Gasteiger partial charge in [-0.15, -0.1) is 0 Å². The zero-order valence-electron chi connectivity index (χ0n) is 15.9. The number of phenols is 1. The van der Waals surface area contributed by atoms with Gasteiger partial charge in [0.2, 0.25) is 0 Å². The quantitative estimate of drug-likeness (QED) is 0.574. The lowest BCUT2D eigenvalue weighted by Gasteiger charge is -2.17. The molecule has 0 aliphatic carbocycles. The van der Waals surface area contributed by atoms with Gasteiger partial charge in [-0.2, -0.15) is 5.10 Å². The number of aryl methyl sites for hydroxylation is 1. The average Bonchev–Trinajstić information content (AvgIpc) is 3.32. The molecule has 4 aromatic rings. The van der Waals surface area contributed by atoms with E-state index in [0.717, 1.165) is 53.0 Å². The largest absolute Gasteiger partial charge is 0.507 e. The number of aromatic nitrogens is 4. The second-order valence-corrected chi connectivity index (χ2v) is 7.36. The number of nitrogens with one attached hydrogen (secondary N) is 1. The van der Waals surface area contributed by atoms with Crippen LogP contribution in [0, 0.1) is 0 Å². The molecule has 1 saturated heterocycles. The Hall–Kier alpha value is -3.19. The molecule has 1 atom stereocenters. The van der Waals surface area contributed by atoms with Gasteiger partial charge in [0.15, 0.2) is 0 Å². The van der Waals surface area contributed by atoms with Crippen LogP contribution in [0.15, 0.2) is 42.6 Å². The van der Waals surface area contributed by atoms with Crippen LogP contribution in [0.2, 0.25) is 0 Å². The summed E-state index contributed by atoms with van der Waals surface area (Å²) in [4.78, 5) is 11.8. The van der Waals surface area contributed by atoms with Crippen molar-refractivity contribution in [1.29, 1.82) is 0 Å². The summed E-state index contributed by atoms with van der Waals surface area (Å²) in [5.41, 5.74) is 3.86. The van der Waals surface area contributed by atoms with Gasteiger partial charge >= 0.3 is 0 Å². The molecule has 28 heavy (non-hydrogen) atoms. The zero-order chi connectivity index (χ0) is 19.3. The molecule has 4 heterocycles. The Morgan fingerprint density at radius 3 is 2.71 bits per heavy atom. The van der Waals surface area contributed by atoms with E-state index in [2.05, 4.69) is 15.3 Å². The van der Waals surface area contributed by atoms with Crippen LogP contribution in [-0.4, -0.2) is 51.0 Å². The Labute approximate surface area is 162 Å². The summed E-state index contributed by atoms with van der Waals surface area (Å²) in [6.07, 6.45) is 3.06. The first kappa shape index (κ1) is 16.9. The van der Waals surface area contributed by atoms with E-state index in [1.807, 2.05) is 50.6 Å². The van der Waals surface area contributed by atoms with E-state index in [-0.39, 0.29) is 5.75 Å². The molecular weight excluding hydrogens is 352 g/mol. The van der Waals surface area contributed by atoms with E-state index in [1.165, 1.54) is 0 Å². The number of hydrogen-bond donors (Lipinski definition) is 2. The monoisotopic (exact) mass is 374 g/mol. The number of phenolic OH excluding ortho intramolecular Hbond substituents is 1. The highest BCUT2D eigenvalue weighted by Gasteiger charge is 2.22. The molecule has 2 N–H and O–H groups in total. The van der Waals surface area contributed by atoms with Crippen molar-refractivity contribution in [3.63, 3.8) is 0 Å². The fraction of sp³-hybridized carbons (Fsp3) is 0.286. The lowest BCUT2D eigenvalue weighted by Crippen LogP contribution is -2.29. The first-order chi connectivity index (χ1) is 13.6. The Kier molecular flexibility index (Phi) is 3.91. The van der Waals surface area contributed by atoms with Gasteiger partial charge in [-0.25, -0.2) is 9.97 Å². The van der Waals surface area contributed by atoms with Gasteiger partial charge in [0, 0.05) is 49.4 Å². The highest BCUT2D eigenvalue weighted by Crippen LogP contribution is 2.33. The number of likely N-dealkylation sites (N-methyl/N-ethyl adjacent to an activating group) is 1. The third-order valence-corrected chi connectivity index (χ3v) is 5.46. The number of rotatable bonds is 3. The van der Waals surface area contributed by atoms with Crippen LogP contribution in [0.5, 0.6) is 5.75 Å². The van der Waals surface area contributed by atoms with Crippen molar-refractivity contribution < 1.29 is 5.11 Å². The fourth-order valence-corrected chi connectivity index (χ4v) is 3.92. The first-order valence-electron chi connectivity index (χ1n) is 9.47. The van der Waals surface area contributed by atoms with Crippen molar-refractivity contribution in [3.05, 3.63) is 42.6 Å². The molecule has 142 valence electrons. The second kappa shape index (κ2) is 6.45. The van der Waals surface area contributed by atoms with Crippen LogP contribution in [0.1, 0.15) is 6.42 Å². The van der Waals surface area contributed by atoms with Crippen molar-refractivity contribution >= 4 is 27.8 Å². The molecule has 0 radical (unpaired) electrons. The summed E-state index contributed by atoms with van der Waals surface area (Å²) in [6, 6.07) is 12.0. The fourth-order valence-electron chi connectivity index (χ4n) is 3.92. The number of hydrogen-bond acceptors (Lipinski definition) is 6. The Balaban J connectivity index is 1.52. The number of pyridine rings is 2. The third kappa shape index (κ3) is 2.84. The minimum Gasteiger partial charge on any atom is -0.507 e. The maximum absolute atomic E-state index is 10.5. The molecule has 7 nitrogen and oxygen atoms in total. The van der Waals surface area contributed by atoms with Gasteiger partial charge in [-0.3, -0.25) is 4.68 Å². The van der Waals surface area contributed by atoms with Crippen LogP contribution in [0.4, 0.5) is 5.82 Å². The van der Waals surface area contributed by atoms with E-state index in [4.69, 9.17) is 9.97 Å². The first-order valence-corrected chi connectivity index (χ1v) is 9.47. The molecule has 0 spiro atoms. The lowest BCUT2D eigenvalue weighted by atomic mass is 10.1. The van der Waals surface area contributed by atoms with Crippen molar-refractivity contribution in [3.8, 4) is 17.0 Å². The summed E-state index contributed by atoms with van der Waals surface area (Å²) in [7, 11) is 3.87. The second-order valence-electron chi connectivity index (χ2n) is 7.36. The Bertz CT molecular complexity index is 1180. The molecule has 0 amide bonds. The molecule has 7 heteroatoms. The van der Waals surface area contributed by atoms with Crippen LogP contribution in [-0.2, 0) is 7.05 Å². The van der Waals surface area contributed by atoms with E-state index < -0.39 is 0 Å². The van der Waals surface area contributed by atoms with Gasteiger partial charge in [0.05, 0.1) is 22.2 Å². The smallest absolute Gasteiger partial charge is 0.129 e. The van der Waals surface area contributed by atoms with Crippen molar-refractivity contribution in [1.82, 2.24) is 25.1 Å². The SMILES string of the molecule is CN[C@@H]1CCN(c2ccc3nc(-c4cc5cn(C)nc5cc4O)ccc3n2)C1.